The molecule has 16 heavy (non-hydrogen) atoms. The highest BCUT2D eigenvalue weighted by molar-refractivity contribution is 6.31. The maximum atomic E-state index is 6.03. The Labute approximate surface area is 99.1 Å². The van der Waals surface area contributed by atoms with Gasteiger partial charge in [-0.25, -0.2) is 0 Å². The van der Waals surface area contributed by atoms with Crippen molar-refractivity contribution in [2.45, 2.75) is 0 Å². The Morgan fingerprint density at radius 3 is 2.75 bits per heavy atom. The van der Waals surface area contributed by atoms with Crippen molar-refractivity contribution in [3.05, 3.63) is 35.5 Å². The van der Waals surface area contributed by atoms with Crippen LogP contribution in [0.3, 0.4) is 0 Å². The van der Waals surface area contributed by atoms with E-state index in [2.05, 4.69) is 28.0 Å². The molecule has 1 aromatic heterocycles. The number of morpholine rings is 1. The maximum Gasteiger partial charge on any atom is 0.0709 e. The summed E-state index contributed by atoms with van der Waals surface area (Å²) in [6, 6.07) is 8.09. The summed E-state index contributed by atoms with van der Waals surface area (Å²) < 4.78 is 7.52. The van der Waals surface area contributed by atoms with Crippen LogP contribution in [0.4, 0.5) is 0 Å². The number of hydrogen-bond acceptors (Lipinski definition) is 2. The standard InChI is InChI=1S/C12H13ClN2O/c13-11-2-1-10-3-4-15(12(10)9-11)14-5-7-16-8-6-14/h1-4,9H,5-8H2. The number of rotatable bonds is 1. The number of aromatic nitrogens is 1. The molecular weight excluding hydrogens is 224 g/mol. The highest BCUT2D eigenvalue weighted by atomic mass is 35.5. The fourth-order valence-corrected chi connectivity index (χ4v) is 2.27. The van der Waals surface area contributed by atoms with E-state index in [1.165, 1.54) is 5.39 Å². The summed E-state index contributed by atoms with van der Waals surface area (Å²) in [5.74, 6) is 0. The van der Waals surface area contributed by atoms with Crippen molar-refractivity contribution < 1.29 is 4.74 Å². The summed E-state index contributed by atoms with van der Waals surface area (Å²) in [4.78, 5) is 0. The quantitative estimate of drug-likeness (QED) is 0.756. The lowest BCUT2D eigenvalue weighted by Crippen LogP contribution is -2.43. The molecule has 0 bridgehead atoms. The topological polar surface area (TPSA) is 17.4 Å². The van der Waals surface area contributed by atoms with Crippen LogP contribution in [0, 0.1) is 0 Å². The van der Waals surface area contributed by atoms with Crippen LogP contribution in [0.1, 0.15) is 0 Å². The second-order valence-electron chi connectivity index (χ2n) is 3.93. The highest BCUT2D eigenvalue weighted by Crippen LogP contribution is 2.21. The molecule has 0 aliphatic carbocycles. The molecule has 0 amide bonds. The van der Waals surface area contributed by atoms with Crippen LogP contribution in [-0.4, -0.2) is 31.0 Å². The molecule has 84 valence electrons. The maximum absolute atomic E-state index is 6.03. The Morgan fingerprint density at radius 1 is 1.12 bits per heavy atom. The predicted octanol–water partition coefficient (Wildman–Crippen LogP) is 2.26. The van der Waals surface area contributed by atoms with E-state index in [4.69, 9.17) is 16.3 Å². The van der Waals surface area contributed by atoms with Crippen LogP contribution < -0.4 is 5.01 Å². The molecule has 3 nitrogen and oxygen atoms in total. The SMILES string of the molecule is Clc1ccc2ccn(N3CCOCC3)c2c1. The third-order valence-corrected chi connectivity index (χ3v) is 3.16. The smallest absolute Gasteiger partial charge is 0.0709 e. The van der Waals surface area contributed by atoms with Crippen molar-refractivity contribution in [3.63, 3.8) is 0 Å². The van der Waals surface area contributed by atoms with E-state index in [0.29, 0.717) is 0 Å². The molecule has 1 aliphatic heterocycles. The molecular formula is C12H13ClN2O. The summed E-state index contributed by atoms with van der Waals surface area (Å²) >= 11 is 6.03. The van der Waals surface area contributed by atoms with Crippen LogP contribution in [0.15, 0.2) is 30.5 Å². The van der Waals surface area contributed by atoms with Crippen LogP contribution in [0.5, 0.6) is 0 Å². The van der Waals surface area contributed by atoms with E-state index in [9.17, 15) is 0 Å². The van der Waals surface area contributed by atoms with Crippen LogP contribution >= 0.6 is 11.6 Å². The van der Waals surface area contributed by atoms with Gasteiger partial charge in [-0.05, 0) is 18.2 Å². The fraction of sp³-hybridized carbons (Fsp3) is 0.333. The molecule has 1 fully saturated rings. The molecule has 0 N–H and O–H groups in total. The lowest BCUT2D eigenvalue weighted by molar-refractivity contribution is 0.112. The van der Waals surface area contributed by atoms with E-state index in [0.717, 1.165) is 36.8 Å². The van der Waals surface area contributed by atoms with Gasteiger partial charge in [-0.2, -0.15) is 0 Å². The first-order valence-corrected chi connectivity index (χ1v) is 5.82. The van der Waals surface area contributed by atoms with Gasteiger partial charge in [0.25, 0.3) is 0 Å². The van der Waals surface area contributed by atoms with E-state index >= 15 is 0 Å². The molecule has 0 spiro atoms. The van der Waals surface area contributed by atoms with Gasteiger partial charge in [0.15, 0.2) is 0 Å². The summed E-state index contributed by atoms with van der Waals surface area (Å²) in [5, 5.41) is 4.28. The number of halogens is 1. The highest BCUT2D eigenvalue weighted by Gasteiger charge is 2.12. The lowest BCUT2D eigenvalue weighted by atomic mass is 10.2. The minimum Gasteiger partial charge on any atom is -0.378 e. The first-order chi connectivity index (χ1) is 7.84. The van der Waals surface area contributed by atoms with Gasteiger partial charge in [0, 0.05) is 16.6 Å². The molecule has 1 aromatic carbocycles. The third-order valence-electron chi connectivity index (χ3n) is 2.93. The zero-order valence-corrected chi connectivity index (χ0v) is 9.65. The Bertz CT molecular complexity index is 503. The van der Waals surface area contributed by atoms with E-state index in [1.54, 1.807) is 0 Å². The van der Waals surface area contributed by atoms with Gasteiger partial charge >= 0.3 is 0 Å². The fourth-order valence-electron chi connectivity index (χ4n) is 2.10. The van der Waals surface area contributed by atoms with E-state index < -0.39 is 0 Å². The van der Waals surface area contributed by atoms with Crippen LogP contribution in [0.25, 0.3) is 10.9 Å². The van der Waals surface area contributed by atoms with Crippen LogP contribution in [0.2, 0.25) is 5.02 Å². The molecule has 3 rings (SSSR count). The molecule has 4 heteroatoms. The second-order valence-corrected chi connectivity index (χ2v) is 4.37. The monoisotopic (exact) mass is 236 g/mol. The van der Waals surface area contributed by atoms with Crippen molar-refractivity contribution in [1.82, 2.24) is 4.68 Å². The van der Waals surface area contributed by atoms with E-state index in [-0.39, 0.29) is 0 Å². The summed E-state index contributed by atoms with van der Waals surface area (Å²) in [7, 11) is 0. The van der Waals surface area contributed by atoms with Crippen LogP contribution in [-0.2, 0) is 4.74 Å². The Balaban J connectivity index is 2.05. The van der Waals surface area contributed by atoms with Crippen molar-refractivity contribution in [1.29, 1.82) is 0 Å². The Morgan fingerprint density at radius 2 is 1.94 bits per heavy atom. The lowest BCUT2D eigenvalue weighted by Gasteiger charge is -2.30. The molecule has 1 saturated heterocycles. The van der Waals surface area contributed by atoms with Gasteiger partial charge in [-0.3, -0.25) is 4.68 Å². The van der Waals surface area contributed by atoms with Gasteiger partial charge in [-0.15, -0.1) is 0 Å². The molecule has 0 unspecified atom stereocenters. The second kappa shape index (κ2) is 4.00. The van der Waals surface area contributed by atoms with Gasteiger partial charge in [-0.1, -0.05) is 17.7 Å². The first kappa shape index (κ1) is 10.00. The first-order valence-electron chi connectivity index (χ1n) is 5.44. The average molecular weight is 237 g/mol. The normalized spacial score (nSPS) is 16.9. The third kappa shape index (κ3) is 1.66. The minimum absolute atomic E-state index is 0.778. The van der Waals surface area contributed by atoms with Gasteiger partial charge in [0.2, 0.25) is 0 Å². The number of nitrogens with zero attached hydrogens (tertiary/aromatic N) is 2. The predicted molar refractivity (Wildman–Crippen MR) is 65.7 cm³/mol. The number of benzene rings is 1. The van der Waals surface area contributed by atoms with Gasteiger partial charge in [0.1, 0.15) is 0 Å². The molecule has 0 saturated carbocycles. The number of fused-ring (bicyclic) bond motifs is 1. The Kier molecular flexibility index (Phi) is 2.50. The average Bonchev–Trinajstić information content (AvgIpc) is 2.73. The zero-order chi connectivity index (χ0) is 11.0. The molecule has 0 radical (unpaired) electrons. The zero-order valence-electron chi connectivity index (χ0n) is 8.90. The van der Waals surface area contributed by atoms with Crippen molar-refractivity contribution in [2.75, 3.05) is 31.3 Å². The van der Waals surface area contributed by atoms with Gasteiger partial charge < -0.3 is 9.75 Å². The molecule has 1 aliphatic rings. The summed E-state index contributed by atoms with van der Waals surface area (Å²) in [6.45, 7) is 3.44. The largest absolute Gasteiger partial charge is 0.378 e. The summed E-state index contributed by atoms with van der Waals surface area (Å²) in [6.07, 6.45) is 2.09. The van der Waals surface area contributed by atoms with Crippen molar-refractivity contribution in [3.8, 4) is 0 Å². The Hall–Kier alpha value is -1.19. The molecule has 2 heterocycles. The number of ether oxygens (including phenoxy) is 1. The van der Waals surface area contributed by atoms with Crippen molar-refractivity contribution >= 4 is 22.5 Å². The summed E-state index contributed by atoms with van der Waals surface area (Å²) in [5.41, 5.74) is 1.16. The van der Waals surface area contributed by atoms with E-state index in [1.807, 2.05) is 12.1 Å². The molecule has 0 atom stereocenters. The molecule has 2 aromatic rings. The number of hydrogen-bond donors (Lipinski definition) is 0. The van der Waals surface area contributed by atoms with Crippen molar-refractivity contribution in [2.24, 2.45) is 0 Å². The minimum atomic E-state index is 0.778. The van der Waals surface area contributed by atoms with Gasteiger partial charge in [0.05, 0.1) is 31.8 Å².